The highest BCUT2D eigenvalue weighted by Gasteiger charge is 2.08. The predicted octanol–water partition coefficient (Wildman–Crippen LogP) is 3.94. The Morgan fingerprint density at radius 3 is 2.78 bits per heavy atom. The molecule has 0 aromatic carbocycles. The van der Waals surface area contributed by atoms with Gasteiger partial charge in [-0.2, -0.15) is 0 Å². The number of pyridine rings is 1. The topological polar surface area (TPSA) is 54.9 Å². The van der Waals surface area contributed by atoms with Gasteiger partial charge in [0.15, 0.2) is 0 Å². The fourth-order valence-electron chi connectivity index (χ4n) is 2.17. The van der Waals surface area contributed by atoms with E-state index >= 15 is 0 Å². The molecule has 1 N–H and O–H groups in total. The van der Waals surface area contributed by atoms with E-state index in [9.17, 15) is 4.79 Å². The minimum atomic E-state index is 0.0136. The molecule has 0 fully saturated rings. The summed E-state index contributed by atoms with van der Waals surface area (Å²) in [6.07, 6.45) is 5.31. The van der Waals surface area contributed by atoms with E-state index in [0.29, 0.717) is 6.54 Å². The SMILES string of the molecule is Cc1ccc(C(=O)NCCCc2nc(-c3ccncc3)cs2)s1. The van der Waals surface area contributed by atoms with Gasteiger partial charge in [0.2, 0.25) is 0 Å². The van der Waals surface area contributed by atoms with Gasteiger partial charge in [-0.1, -0.05) is 0 Å². The highest BCUT2D eigenvalue weighted by atomic mass is 32.1. The van der Waals surface area contributed by atoms with Gasteiger partial charge in [0, 0.05) is 41.2 Å². The van der Waals surface area contributed by atoms with Crippen LogP contribution in [0, 0.1) is 6.92 Å². The zero-order valence-corrected chi connectivity index (χ0v) is 14.4. The number of nitrogens with zero attached hydrogens (tertiary/aromatic N) is 2. The number of thiazole rings is 1. The number of aromatic nitrogens is 2. The number of rotatable bonds is 6. The number of nitrogens with one attached hydrogen (secondary N) is 1. The quantitative estimate of drug-likeness (QED) is 0.690. The number of amides is 1. The summed E-state index contributed by atoms with van der Waals surface area (Å²) in [7, 11) is 0. The van der Waals surface area contributed by atoms with Crippen molar-refractivity contribution in [3.05, 3.63) is 56.8 Å². The fraction of sp³-hybridized carbons (Fsp3) is 0.235. The predicted molar refractivity (Wildman–Crippen MR) is 95.1 cm³/mol. The van der Waals surface area contributed by atoms with Crippen molar-refractivity contribution in [2.75, 3.05) is 6.54 Å². The molecule has 0 spiro atoms. The molecule has 0 bridgehead atoms. The van der Waals surface area contributed by atoms with Crippen LogP contribution < -0.4 is 5.32 Å². The number of hydrogen-bond donors (Lipinski definition) is 1. The molecule has 6 heteroatoms. The van der Waals surface area contributed by atoms with E-state index in [1.54, 1.807) is 23.7 Å². The van der Waals surface area contributed by atoms with Crippen molar-refractivity contribution >= 4 is 28.6 Å². The van der Waals surface area contributed by atoms with Crippen LogP contribution in [0.5, 0.6) is 0 Å². The molecule has 0 atom stereocenters. The zero-order valence-electron chi connectivity index (χ0n) is 12.8. The third-order valence-corrected chi connectivity index (χ3v) is 5.25. The van der Waals surface area contributed by atoms with E-state index < -0.39 is 0 Å². The molecule has 3 heterocycles. The molecule has 0 aliphatic carbocycles. The molecule has 0 saturated carbocycles. The summed E-state index contributed by atoms with van der Waals surface area (Å²) < 4.78 is 0. The highest BCUT2D eigenvalue weighted by molar-refractivity contribution is 7.13. The van der Waals surface area contributed by atoms with E-state index in [0.717, 1.165) is 38.9 Å². The van der Waals surface area contributed by atoms with E-state index in [1.807, 2.05) is 31.2 Å². The van der Waals surface area contributed by atoms with Gasteiger partial charge < -0.3 is 5.32 Å². The van der Waals surface area contributed by atoms with Crippen LogP contribution in [0.15, 0.2) is 42.0 Å². The van der Waals surface area contributed by atoms with Gasteiger partial charge in [-0.15, -0.1) is 22.7 Å². The normalized spacial score (nSPS) is 10.7. The lowest BCUT2D eigenvalue weighted by atomic mass is 10.2. The summed E-state index contributed by atoms with van der Waals surface area (Å²) in [6, 6.07) is 7.76. The van der Waals surface area contributed by atoms with Crippen molar-refractivity contribution in [2.24, 2.45) is 0 Å². The monoisotopic (exact) mass is 343 g/mol. The standard InChI is InChI=1S/C17H17N3OS2/c1-12-4-5-15(23-12)17(21)19-8-2-3-16-20-14(11-22-16)13-6-9-18-10-7-13/h4-7,9-11H,2-3,8H2,1H3,(H,19,21). The molecule has 3 aromatic heterocycles. The second kappa shape index (κ2) is 7.48. The Bertz CT molecular complexity index is 780. The Morgan fingerprint density at radius 2 is 2.04 bits per heavy atom. The average Bonchev–Trinajstić information content (AvgIpc) is 3.21. The fourth-order valence-corrected chi connectivity index (χ4v) is 3.80. The molecule has 0 aliphatic rings. The average molecular weight is 343 g/mol. The van der Waals surface area contributed by atoms with E-state index in [1.165, 1.54) is 11.3 Å². The zero-order chi connectivity index (χ0) is 16.1. The second-order valence-corrected chi connectivity index (χ2v) is 7.36. The lowest BCUT2D eigenvalue weighted by molar-refractivity contribution is 0.0957. The number of carbonyl (C=O) groups is 1. The van der Waals surface area contributed by atoms with Crippen molar-refractivity contribution in [3.63, 3.8) is 0 Å². The lowest BCUT2D eigenvalue weighted by Crippen LogP contribution is -2.23. The molecule has 1 amide bonds. The first-order valence-corrected chi connectivity index (χ1v) is 9.11. The van der Waals surface area contributed by atoms with Gasteiger partial charge in [0.25, 0.3) is 5.91 Å². The van der Waals surface area contributed by atoms with Gasteiger partial charge in [0.1, 0.15) is 0 Å². The first-order valence-electron chi connectivity index (χ1n) is 7.42. The molecule has 3 rings (SSSR count). The molecule has 0 radical (unpaired) electrons. The summed E-state index contributed by atoms with van der Waals surface area (Å²) >= 11 is 3.18. The first-order chi connectivity index (χ1) is 11.2. The van der Waals surface area contributed by atoms with Crippen molar-refractivity contribution in [1.82, 2.24) is 15.3 Å². The molecular formula is C17H17N3OS2. The van der Waals surface area contributed by atoms with Crippen LogP contribution in [0.25, 0.3) is 11.3 Å². The molecule has 4 nitrogen and oxygen atoms in total. The molecule has 0 unspecified atom stereocenters. The summed E-state index contributed by atoms with van der Waals surface area (Å²) in [5.74, 6) is 0.0136. The minimum Gasteiger partial charge on any atom is -0.351 e. The van der Waals surface area contributed by atoms with Gasteiger partial charge in [-0.25, -0.2) is 4.98 Å². The third-order valence-electron chi connectivity index (χ3n) is 3.34. The summed E-state index contributed by atoms with van der Waals surface area (Å²) in [4.78, 5) is 22.5. The molecule has 23 heavy (non-hydrogen) atoms. The maximum absolute atomic E-state index is 11.9. The van der Waals surface area contributed by atoms with Gasteiger partial charge in [0.05, 0.1) is 15.6 Å². The van der Waals surface area contributed by atoms with E-state index in [2.05, 4.69) is 20.7 Å². The van der Waals surface area contributed by atoms with Crippen LogP contribution in [0.2, 0.25) is 0 Å². The van der Waals surface area contributed by atoms with Crippen LogP contribution in [0.1, 0.15) is 26.0 Å². The lowest BCUT2D eigenvalue weighted by Gasteiger charge is -2.02. The van der Waals surface area contributed by atoms with Crippen molar-refractivity contribution in [2.45, 2.75) is 19.8 Å². The summed E-state index contributed by atoms with van der Waals surface area (Å²) in [5.41, 5.74) is 2.08. The highest BCUT2D eigenvalue weighted by Crippen LogP contribution is 2.21. The van der Waals surface area contributed by atoms with Crippen LogP contribution in [0.3, 0.4) is 0 Å². The van der Waals surface area contributed by atoms with Gasteiger partial charge in [-0.05, 0) is 37.6 Å². The number of hydrogen-bond acceptors (Lipinski definition) is 5. The van der Waals surface area contributed by atoms with Crippen molar-refractivity contribution in [1.29, 1.82) is 0 Å². The van der Waals surface area contributed by atoms with Crippen LogP contribution in [-0.4, -0.2) is 22.4 Å². The van der Waals surface area contributed by atoms with E-state index in [-0.39, 0.29) is 5.91 Å². The van der Waals surface area contributed by atoms with Gasteiger partial charge >= 0.3 is 0 Å². The first kappa shape index (κ1) is 15.8. The smallest absolute Gasteiger partial charge is 0.261 e. The summed E-state index contributed by atoms with van der Waals surface area (Å²) in [5, 5.41) is 6.12. The Balaban J connectivity index is 1.46. The molecule has 118 valence electrons. The Morgan fingerprint density at radius 1 is 1.22 bits per heavy atom. The van der Waals surface area contributed by atoms with E-state index in [4.69, 9.17) is 0 Å². The number of thiophene rings is 1. The second-order valence-electron chi connectivity index (χ2n) is 5.13. The molecular weight excluding hydrogens is 326 g/mol. The van der Waals surface area contributed by atoms with Crippen molar-refractivity contribution in [3.8, 4) is 11.3 Å². The minimum absolute atomic E-state index is 0.0136. The maximum Gasteiger partial charge on any atom is 0.261 e. The number of aryl methyl sites for hydroxylation is 2. The number of carbonyl (C=O) groups excluding carboxylic acids is 1. The molecule has 0 aliphatic heterocycles. The van der Waals surface area contributed by atoms with Crippen LogP contribution in [-0.2, 0) is 6.42 Å². The largest absolute Gasteiger partial charge is 0.351 e. The Kier molecular flexibility index (Phi) is 5.15. The van der Waals surface area contributed by atoms with Crippen LogP contribution in [0.4, 0.5) is 0 Å². The molecule has 3 aromatic rings. The third kappa shape index (κ3) is 4.24. The summed E-state index contributed by atoms with van der Waals surface area (Å²) in [6.45, 7) is 2.67. The van der Waals surface area contributed by atoms with Crippen molar-refractivity contribution < 1.29 is 4.79 Å². The maximum atomic E-state index is 11.9. The Labute approximate surface area is 143 Å². The van der Waals surface area contributed by atoms with Crippen LogP contribution >= 0.6 is 22.7 Å². The Hall–Kier alpha value is -2.05. The van der Waals surface area contributed by atoms with Gasteiger partial charge in [-0.3, -0.25) is 9.78 Å². The molecule has 0 saturated heterocycles.